The zero-order valence-corrected chi connectivity index (χ0v) is 20.1. The summed E-state index contributed by atoms with van der Waals surface area (Å²) in [4.78, 5) is 34.8. The highest BCUT2D eigenvalue weighted by Gasteiger charge is 2.21. The van der Waals surface area contributed by atoms with E-state index in [0.717, 1.165) is 41.1 Å². The number of unbranched alkanes of at least 4 members (excludes halogenated alkanes) is 1. The number of anilines is 2. The Morgan fingerprint density at radius 3 is 2.35 bits per heavy atom. The summed E-state index contributed by atoms with van der Waals surface area (Å²) in [5, 5.41) is 3.13. The van der Waals surface area contributed by atoms with Crippen molar-refractivity contribution in [2.75, 3.05) is 10.6 Å². The number of nitrogens with two attached hydrogens (primary N) is 1. The molecule has 7 nitrogen and oxygen atoms in total. The molecule has 0 spiro atoms. The molecule has 3 N–H and O–H groups in total. The number of H-pyrrole nitrogens is 1. The number of aromatic amines is 1. The minimum absolute atomic E-state index is 0.148. The van der Waals surface area contributed by atoms with E-state index in [1.807, 2.05) is 70.9 Å². The second-order valence-electron chi connectivity index (χ2n) is 8.24. The van der Waals surface area contributed by atoms with E-state index in [2.05, 4.69) is 11.9 Å². The summed E-state index contributed by atoms with van der Waals surface area (Å²) in [5.41, 5.74) is 8.59. The van der Waals surface area contributed by atoms with Gasteiger partial charge in [-0.05, 0) is 24.0 Å². The summed E-state index contributed by atoms with van der Waals surface area (Å²) in [6.45, 7) is 3.30. The largest absolute Gasteiger partial charge is 0.383 e. The molecule has 0 amide bonds. The first kappa shape index (κ1) is 23.5. The molecular formula is C26H29N5O2S. The van der Waals surface area contributed by atoms with E-state index >= 15 is 0 Å². The van der Waals surface area contributed by atoms with Gasteiger partial charge in [-0.1, -0.05) is 74.0 Å². The number of hydrogen-bond donors (Lipinski definition) is 2. The molecule has 2 aromatic heterocycles. The van der Waals surface area contributed by atoms with E-state index in [0.29, 0.717) is 13.1 Å². The predicted octanol–water partition coefficient (Wildman–Crippen LogP) is 4.17. The molecule has 8 heteroatoms. The van der Waals surface area contributed by atoms with Crippen molar-refractivity contribution in [1.29, 1.82) is 0 Å². The number of aromatic nitrogens is 3. The third-order valence-corrected chi connectivity index (χ3v) is 6.58. The zero-order chi connectivity index (χ0) is 23.9. The third-order valence-electron chi connectivity index (χ3n) is 5.63. The Balaban J connectivity index is 1.72. The molecule has 0 aliphatic heterocycles. The van der Waals surface area contributed by atoms with Crippen molar-refractivity contribution in [2.24, 2.45) is 0 Å². The van der Waals surface area contributed by atoms with Crippen LogP contribution < -0.4 is 21.9 Å². The van der Waals surface area contributed by atoms with Gasteiger partial charge in [0.05, 0.1) is 23.8 Å². The Bertz CT molecular complexity index is 1330. The maximum atomic E-state index is 13.0. The summed E-state index contributed by atoms with van der Waals surface area (Å²) in [7, 11) is 0. The van der Waals surface area contributed by atoms with Crippen molar-refractivity contribution >= 4 is 22.8 Å². The van der Waals surface area contributed by atoms with Crippen LogP contribution in [0.15, 0.2) is 75.6 Å². The van der Waals surface area contributed by atoms with E-state index in [1.54, 1.807) is 11.3 Å². The molecule has 2 aromatic carbocycles. The first-order valence-corrected chi connectivity index (χ1v) is 12.3. The molecule has 0 saturated carbocycles. The van der Waals surface area contributed by atoms with E-state index < -0.39 is 11.2 Å². The summed E-state index contributed by atoms with van der Waals surface area (Å²) in [6, 6.07) is 19.5. The molecule has 0 saturated heterocycles. The van der Waals surface area contributed by atoms with Crippen molar-refractivity contribution in [3.8, 4) is 0 Å². The highest BCUT2D eigenvalue weighted by molar-refractivity contribution is 7.09. The normalized spacial score (nSPS) is 11.0. The number of thiazole rings is 1. The fourth-order valence-electron chi connectivity index (χ4n) is 3.88. The van der Waals surface area contributed by atoms with Crippen molar-refractivity contribution in [3.05, 3.63) is 109 Å². The van der Waals surface area contributed by atoms with Gasteiger partial charge in [0.2, 0.25) is 0 Å². The minimum atomic E-state index is -0.523. The Morgan fingerprint density at radius 2 is 1.68 bits per heavy atom. The van der Waals surface area contributed by atoms with Gasteiger partial charge in [0.1, 0.15) is 11.5 Å². The van der Waals surface area contributed by atoms with Crippen LogP contribution >= 0.6 is 11.3 Å². The molecule has 0 aliphatic rings. The number of aryl methyl sites for hydroxylation is 1. The second-order valence-corrected chi connectivity index (χ2v) is 9.19. The lowest BCUT2D eigenvalue weighted by atomic mass is 10.2. The quantitative estimate of drug-likeness (QED) is 0.359. The van der Waals surface area contributed by atoms with Gasteiger partial charge in [-0.3, -0.25) is 14.3 Å². The van der Waals surface area contributed by atoms with Gasteiger partial charge in [-0.25, -0.2) is 9.78 Å². The molecule has 0 bridgehead atoms. The van der Waals surface area contributed by atoms with Crippen molar-refractivity contribution < 1.29 is 0 Å². The van der Waals surface area contributed by atoms with Crippen LogP contribution in [0.1, 0.15) is 41.6 Å². The SMILES string of the molecule is CCCCc1nc(CN(Cc2ccccc2)c2c(N)n(Cc3ccccc3)c(=O)[nH]c2=O)cs1. The van der Waals surface area contributed by atoms with Crippen LogP contribution in [0.25, 0.3) is 0 Å². The summed E-state index contributed by atoms with van der Waals surface area (Å²) in [6.07, 6.45) is 3.16. The number of rotatable bonds is 10. The zero-order valence-electron chi connectivity index (χ0n) is 19.2. The molecule has 0 radical (unpaired) electrons. The maximum Gasteiger partial charge on any atom is 0.330 e. The molecular weight excluding hydrogens is 446 g/mol. The monoisotopic (exact) mass is 475 g/mol. The van der Waals surface area contributed by atoms with Gasteiger partial charge in [-0.15, -0.1) is 11.3 Å². The van der Waals surface area contributed by atoms with Gasteiger partial charge >= 0.3 is 5.69 Å². The molecule has 0 atom stereocenters. The Labute approximate surface area is 202 Å². The van der Waals surface area contributed by atoms with E-state index in [1.165, 1.54) is 4.57 Å². The topological polar surface area (TPSA) is 97.0 Å². The van der Waals surface area contributed by atoms with Crippen LogP contribution in [0.3, 0.4) is 0 Å². The van der Waals surface area contributed by atoms with Crippen LogP contribution in [-0.4, -0.2) is 14.5 Å². The lowest BCUT2D eigenvalue weighted by molar-refractivity contribution is 0.708. The summed E-state index contributed by atoms with van der Waals surface area (Å²) in [5.74, 6) is 0.148. The highest BCUT2D eigenvalue weighted by atomic mass is 32.1. The molecule has 176 valence electrons. The summed E-state index contributed by atoms with van der Waals surface area (Å²) < 4.78 is 1.41. The average molecular weight is 476 g/mol. The van der Waals surface area contributed by atoms with Crippen LogP contribution in [0.2, 0.25) is 0 Å². The second kappa shape index (κ2) is 11.0. The van der Waals surface area contributed by atoms with Gasteiger partial charge in [-0.2, -0.15) is 0 Å². The predicted molar refractivity (Wildman–Crippen MR) is 138 cm³/mol. The summed E-state index contributed by atoms with van der Waals surface area (Å²) >= 11 is 1.64. The first-order valence-electron chi connectivity index (χ1n) is 11.4. The third kappa shape index (κ3) is 5.63. The Hall–Kier alpha value is -3.65. The number of nitrogens with one attached hydrogen (secondary N) is 1. The first-order chi connectivity index (χ1) is 16.5. The molecule has 0 unspecified atom stereocenters. The minimum Gasteiger partial charge on any atom is -0.383 e. The van der Waals surface area contributed by atoms with Crippen LogP contribution in [-0.2, 0) is 26.1 Å². The molecule has 34 heavy (non-hydrogen) atoms. The van der Waals surface area contributed by atoms with Crippen LogP contribution in [0.5, 0.6) is 0 Å². The number of hydrogen-bond acceptors (Lipinski definition) is 6. The van der Waals surface area contributed by atoms with Crippen molar-refractivity contribution in [3.63, 3.8) is 0 Å². The molecule has 0 aliphatic carbocycles. The van der Waals surface area contributed by atoms with Crippen molar-refractivity contribution in [1.82, 2.24) is 14.5 Å². The van der Waals surface area contributed by atoms with Crippen molar-refractivity contribution in [2.45, 2.75) is 45.8 Å². The smallest absolute Gasteiger partial charge is 0.330 e. The fraction of sp³-hybridized carbons (Fsp3) is 0.269. The van der Waals surface area contributed by atoms with E-state index in [9.17, 15) is 9.59 Å². The van der Waals surface area contributed by atoms with Gasteiger partial charge in [0, 0.05) is 11.9 Å². The number of nitrogen functional groups attached to an aromatic ring is 1. The maximum absolute atomic E-state index is 13.0. The fourth-order valence-corrected chi connectivity index (χ4v) is 4.72. The standard InChI is InChI=1S/C26H29N5O2S/c1-2-3-14-22-28-21(18-34-22)17-30(15-19-10-6-4-7-11-19)23-24(27)31(26(33)29-25(23)32)16-20-12-8-5-9-13-20/h4-13,18H,2-3,14-17,27H2,1H3,(H,29,32,33). The van der Waals surface area contributed by atoms with Crippen LogP contribution in [0, 0.1) is 0 Å². The number of benzene rings is 2. The Morgan fingerprint density at radius 1 is 1.00 bits per heavy atom. The van der Waals surface area contributed by atoms with E-state index in [4.69, 9.17) is 10.7 Å². The number of nitrogens with zero attached hydrogens (tertiary/aromatic N) is 3. The average Bonchev–Trinajstić information content (AvgIpc) is 3.29. The lowest BCUT2D eigenvalue weighted by Crippen LogP contribution is -2.38. The lowest BCUT2D eigenvalue weighted by Gasteiger charge is -2.26. The molecule has 4 rings (SSSR count). The molecule has 2 heterocycles. The molecule has 0 fully saturated rings. The highest BCUT2D eigenvalue weighted by Crippen LogP contribution is 2.23. The van der Waals surface area contributed by atoms with Gasteiger partial charge < -0.3 is 10.6 Å². The van der Waals surface area contributed by atoms with Crippen LogP contribution in [0.4, 0.5) is 11.5 Å². The van der Waals surface area contributed by atoms with Gasteiger partial charge in [0.25, 0.3) is 5.56 Å². The molecule has 4 aromatic rings. The van der Waals surface area contributed by atoms with Gasteiger partial charge in [0.15, 0.2) is 0 Å². The Kier molecular flexibility index (Phi) is 7.59. The van der Waals surface area contributed by atoms with E-state index in [-0.39, 0.29) is 18.1 Å².